The van der Waals surface area contributed by atoms with Crippen molar-refractivity contribution in [3.05, 3.63) is 63.2 Å². The molecule has 2 N–H and O–H groups in total. The molecule has 0 fully saturated rings. The fraction of sp³-hybridized carbons (Fsp3) is 0. The normalized spacial score (nSPS) is 10.3. The van der Waals surface area contributed by atoms with Gasteiger partial charge in [0, 0.05) is 21.7 Å². The molecule has 0 spiro atoms. The lowest BCUT2D eigenvalue weighted by atomic mass is 10.3. The van der Waals surface area contributed by atoms with Crippen molar-refractivity contribution in [2.24, 2.45) is 0 Å². The van der Waals surface area contributed by atoms with Gasteiger partial charge in [0.15, 0.2) is 10.9 Å². The van der Waals surface area contributed by atoms with E-state index < -0.39 is 0 Å². The Morgan fingerprint density at radius 3 is 2.74 bits per heavy atom. The first kappa shape index (κ1) is 15.9. The first-order chi connectivity index (χ1) is 11.1. The number of benzene rings is 1. The molecule has 0 saturated heterocycles. The van der Waals surface area contributed by atoms with Gasteiger partial charge in [-0.25, -0.2) is 9.97 Å². The van der Waals surface area contributed by atoms with E-state index >= 15 is 0 Å². The van der Waals surface area contributed by atoms with Gasteiger partial charge in [-0.2, -0.15) is 0 Å². The minimum Gasteiger partial charge on any atom is -0.321 e. The van der Waals surface area contributed by atoms with Crippen LogP contribution in [0.2, 0.25) is 5.02 Å². The molecule has 0 unspecified atom stereocenters. The quantitative estimate of drug-likeness (QED) is 0.640. The first-order valence-corrected chi connectivity index (χ1v) is 8.57. The average molecular weight is 410 g/mol. The number of amides is 1. The number of aromatic nitrogens is 2. The summed E-state index contributed by atoms with van der Waals surface area (Å²) in [6.45, 7) is 0. The van der Waals surface area contributed by atoms with Crippen LogP contribution in [0.1, 0.15) is 10.5 Å². The van der Waals surface area contributed by atoms with Gasteiger partial charge in [-0.15, -0.1) is 11.3 Å². The van der Waals surface area contributed by atoms with Gasteiger partial charge >= 0.3 is 0 Å². The summed E-state index contributed by atoms with van der Waals surface area (Å²) in [6.07, 6.45) is 1.63. The van der Waals surface area contributed by atoms with Crippen LogP contribution in [0, 0.1) is 0 Å². The number of nitrogens with zero attached hydrogens (tertiary/aromatic N) is 2. The van der Waals surface area contributed by atoms with E-state index in [0.29, 0.717) is 27.4 Å². The van der Waals surface area contributed by atoms with Crippen LogP contribution >= 0.6 is 38.9 Å². The van der Waals surface area contributed by atoms with Crippen LogP contribution < -0.4 is 10.6 Å². The highest BCUT2D eigenvalue weighted by molar-refractivity contribution is 9.10. The van der Waals surface area contributed by atoms with Crippen LogP contribution in [-0.4, -0.2) is 15.9 Å². The maximum Gasteiger partial charge on any atom is 0.275 e. The molecule has 0 aliphatic carbocycles. The summed E-state index contributed by atoms with van der Waals surface area (Å²) in [6, 6.07) is 10.8. The number of hydrogen-bond acceptors (Lipinski definition) is 5. The zero-order valence-electron chi connectivity index (χ0n) is 11.6. The Bertz CT molecular complexity index is 838. The Morgan fingerprint density at radius 2 is 2.00 bits per heavy atom. The summed E-state index contributed by atoms with van der Waals surface area (Å²) in [4.78, 5) is 20.6. The van der Waals surface area contributed by atoms with Crippen LogP contribution in [0.25, 0.3) is 0 Å². The molecule has 5 nitrogen and oxygen atoms in total. The van der Waals surface area contributed by atoms with Crippen LogP contribution in [-0.2, 0) is 0 Å². The Labute approximate surface area is 149 Å². The minimum atomic E-state index is -0.274. The lowest BCUT2D eigenvalue weighted by Crippen LogP contribution is -2.12. The molecule has 0 bridgehead atoms. The van der Waals surface area contributed by atoms with Crippen molar-refractivity contribution in [3.63, 3.8) is 0 Å². The standard InChI is InChI=1S/C15H10BrClN4OS/c16-9-3-5-10(6-4-9)19-14(22)12-8-23-15(20-12)21-13-11(17)2-1-7-18-13/h1-8H,(H,19,22)(H,18,20,21). The van der Waals surface area contributed by atoms with Crippen molar-refractivity contribution >= 4 is 61.4 Å². The van der Waals surface area contributed by atoms with E-state index in [0.717, 1.165) is 4.47 Å². The van der Waals surface area contributed by atoms with Gasteiger partial charge in [0.05, 0.1) is 5.02 Å². The topological polar surface area (TPSA) is 66.9 Å². The number of hydrogen-bond donors (Lipinski definition) is 2. The van der Waals surface area contributed by atoms with Gasteiger partial charge in [0.25, 0.3) is 5.91 Å². The molecular weight excluding hydrogens is 400 g/mol. The molecule has 0 saturated carbocycles. The second kappa shape index (κ2) is 7.08. The van der Waals surface area contributed by atoms with Gasteiger partial charge in [-0.05, 0) is 36.4 Å². The lowest BCUT2D eigenvalue weighted by Gasteiger charge is -2.04. The fourth-order valence-corrected chi connectivity index (χ4v) is 2.87. The van der Waals surface area contributed by atoms with E-state index in [-0.39, 0.29) is 5.91 Å². The molecule has 1 aromatic carbocycles. The molecule has 1 amide bonds. The molecule has 0 radical (unpaired) electrons. The number of nitrogens with one attached hydrogen (secondary N) is 2. The zero-order chi connectivity index (χ0) is 16.2. The molecule has 116 valence electrons. The number of rotatable bonds is 4. The summed E-state index contributed by atoms with van der Waals surface area (Å²) in [7, 11) is 0. The average Bonchev–Trinajstić information content (AvgIpc) is 3.01. The maximum atomic E-state index is 12.2. The summed E-state index contributed by atoms with van der Waals surface area (Å²) in [5, 5.41) is 8.50. The number of anilines is 3. The number of halogens is 2. The van der Waals surface area contributed by atoms with Crippen molar-refractivity contribution in [3.8, 4) is 0 Å². The summed E-state index contributed by atoms with van der Waals surface area (Å²) < 4.78 is 0.947. The highest BCUT2D eigenvalue weighted by Gasteiger charge is 2.12. The van der Waals surface area contributed by atoms with Gasteiger partial charge in [-0.1, -0.05) is 27.5 Å². The number of pyridine rings is 1. The number of thiazole rings is 1. The molecule has 0 aliphatic heterocycles. The van der Waals surface area contributed by atoms with E-state index in [2.05, 4.69) is 36.5 Å². The first-order valence-electron chi connectivity index (χ1n) is 6.52. The van der Waals surface area contributed by atoms with E-state index in [1.165, 1.54) is 11.3 Å². The predicted octanol–water partition coefficient (Wildman–Crippen LogP) is 4.95. The fourth-order valence-electron chi connectivity index (χ4n) is 1.74. The molecular formula is C15H10BrClN4OS. The summed E-state index contributed by atoms with van der Waals surface area (Å²) in [5.41, 5.74) is 1.03. The Morgan fingerprint density at radius 1 is 1.22 bits per heavy atom. The molecule has 2 heterocycles. The lowest BCUT2D eigenvalue weighted by molar-refractivity contribution is 0.102. The third-order valence-electron chi connectivity index (χ3n) is 2.82. The third-order valence-corrected chi connectivity index (χ3v) is 4.41. The van der Waals surface area contributed by atoms with Crippen molar-refractivity contribution < 1.29 is 4.79 Å². The van der Waals surface area contributed by atoms with Gasteiger partial charge in [-0.3, -0.25) is 4.79 Å². The monoisotopic (exact) mass is 408 g/mol. The van der Waals surface area contributed by atoms with Crippen molar-refractivity contribution in [2.45, 2.75) is 0 Å². The van der Waals surface area contributed by atoms with Gasteiger partial charge in [0.2, 0.25) is 0 Å². The second-order valence-corrected chi connectivity index (χ2v) is 6.64. The van der Waals surface area contributed by atoms with Crippen molar-refractivity contribution in [1.82, 2.24) is 9.97 Å². The molecule has 8 heteroatoms. The van der Waals surface area contributed by atoms with E-state index in [1.807, 2.05) is 12.1 Å². The molecule has 3 aromatic rings. The molecule has 0 atom stereocenters. The summed E-state index contributed by atoms with van der Waals surface area (Å²) >= 11 is 10.7. The van der Waals surface area contributed by atoms with E-state index in [4.69, 9.17) is 11.6 Å². The Balaban J connectivity index is 1.70. The van der Waals surface area contributed by atoms with Crippen LogP contribution in [0.4, 0.5) is 16.6 Å². The smallest absolute Gasteiger partial charge is 0.275 e. The SMILES string of the molecule is O=C(Nc1ccc(Br)cc1)c1csc(Nc2ncccc2Cl)n1. The van der Waals surface area contributed by atoms with Crippen LogP contribution in [0.5, 0.6) is 0 Å². The predicted molar refractivity (Wildman–Crippen MR) is 96.7 cm³/mol. The van der Waals surface area contributed by atoms with E-state index in [9.17, 15) is 4.79 Å². The number of carbonyl (C=O) groups excluding carboxylic acids is 1. The minimum absolute atomic E-state index is 0.274. The number of carbonyl (C=O) groups is 1. The molecule has 2 aromatic heterocycles. The van der Waals surface area contributed by atoms with Gasteiger partial charge in [0.1, 0.15) is 5.69 Å². The molecule has 3 rings (SSSR count). The van der Waals surface area contributed by atoms with Crippen molar-refractivity contribution in [2.75, 3.05) is 10.6 Å². The van der Waals surface area contributed by atoms with Crippen molar-refractivity contribution in [1.29, 1.82) is 0 Å². The van der Waals surface area contributed by atoms with Crippen LogP contribution in [0.3, 0.4) is 0 Å². The highest BCUT2D eigenvalue weighted by Crippen LogP contribution is 2.25. The van der Waals surface area contributed by atoms with Crippen LogP contribution in [0.15, 0.2) is 52.4 Å². The molecule has 0 aliphatic rings. The maximum absolute atomic E-state index is 12.2. The Hall–Kier alpha value is -1.96. The molecule has 23 heavy (non-hydrogen) atoms. The Kier molecular flexibility index (Phi) is 4.90. The largest absolute Gasteiger partial charge is 0.321 e. The van der Waals surface area contributed by atoms with Gasteiger partial charge < -0.3 is 10.6 Å². The third kappa shape index (κ3) is 4.07. The second-order valence-electron chi connectivity index (χ2n) is 4.46. The van der Waals surface area contributed by atoms with E-state index in [1.54, 1.807) is 35.8 Å². The summed E-state index contributed by atoms with van der Waals surface area (Å²) in [5.74, 6) is 0.229. The highest BCUT2D eigenvalue weighted by atomic mass is 79.9. The zero-order valence-corrected chi connectivity index (χ0v) is 14.7.